The van der Waals surface area contributed by atoms with Crippen LogP contribution in [-0.4, -0.2) is 36.0 Å². The average Bonchev–Trinajstić information content (AvgIpc) is 1.85. The van der Waals surface area contributed by atoms with Gasteiger partial charge in [0.2, 0.25) is 0 Å². The molecule has 0 unspecified atom stereocenters. The lowest BCUT2D eigenvalue weighted by Gasteiger charge is -2.36. The zero-order valence-corrected chi connectivity index (χ0v) is 8.32. The van der Waals surface area contributed by atoms with Crippen LogP contribution in [0, 0.1) is 0 Å². The molecule has 0 saturated heterocycles. The molecule has 1 saturated carbocycles. The van der Waals surface area contributed by atoms with E-state index in [2.05, 4.69) is 20.8 Å². The van der Waals surface area contributed by atoms with Crippen molar-refractivity contribution >= 4 is 15.9 Å². The summed E-state index contributed by atoms with van der Waals surface area (Å²) in [6, 6.07) is 0.684. The van der Waals surface area contributed by atoms with Gasteiger partial charge in [-0.3, -0.25) is 4.90 Å². The topological polar surface area (TPSA) is 3.24 Å². The Bertz CT molecular complexity index is 100. The van der Waals surface area contributed by atoms with E-state index in [1.54, 1.807) is 0 Å². The van der Waals surface area contributed by atoms with Crippen molar-refractivity contribution in [3.63, 3.8) is 0 Å². The van der Waals surface area contributed by atoms with Gasteiger partial charge < -0.3 is 0 Å². The molecule has 0 N–H and O–H groups in total. The highest BCUT2D eigenvalue weighted by Crippen LogP contribution is 2.24. The molecule has 0 radical (unpaired) electrons. The van der Waals surface area contributed by atoms with Gasteiger partial charge in [0.1, 0.15) is 6.67 Å². The molecule has 0 bridgehead atoms. The van der Waals surface area contributed by atoms with E-state index in [1.165, 1.54) is 19.3 Å². The highest BCUT2D eigenvalue weighted by molar-refractivity contribution is 9.09. The highest BCUT2D eigenvalue weighted by Gasteiger charge is 2.23. The third kappa shape index (κ3) is 2.71. The molecule has 1 aliphatic carbocycles. The normalized spacial score (nSPS) is 18.8. The Morgan fingerprint density at radius 2 is 2.09 bits per heavy atom. The summed E-state index contributed by atoms with van der Waals surface area (Å²) in [5.74, 6) is 0. The third-order valence-electron chi connectivity index (χ3n) is 2.33. The van der Waals surface area contributed by atoms with Crippen LogP contribution in [0.4, 0.5) is 4.39 Å². The van der Waals surface area contributed by atoms with E-state index >= 15 is 0 Å². The van der Waals surface area contributed by atoms with E-state index in [0.717, 1.165) is 11.9 Å². The van der Waals surface area contributed by atoms with Crippen LogP contribution in [-0.2, 0) is 0 Å². The lowest BCUT2D eigenvalue weighted by atomic mass is 9.91. The zero-order chi connectivity index (χ0) is 8.10. The molecule has 0 aromatic carbocycles. The van der Waals surface area contributed by atoms with Crippen molar-refractivity contribution in [3.8, 4) is 0 Å². The molecule has 1 fully saturated rings. The molecule has 11 heavy (non-hydrogen) atoms. The minimum absolute atomic E-state index is 0.205. The maximum Gasteiger partial charge on any atom is 0.102 e. The molecule has 66 valence electrons. The standard InChI is InChI=1S/C8H15BrFN/c9-4-6-11(7-5-10)8-2-1-3-8/h8H,1-7H2. The molecule has 1 nitrogen and oxygen atoms in total. The zero-order valence-electron chi connectivity index (χ0n) is 6.73. The highest BCUT2D eigenvalue weighted by atomic mass is 79.9. The molecular formula is C8H15BrFN. The second kappa shape index (κ2) is 5.09. The van der Waals surface area contributed by atoms with Gasteiger partial charge in [0.15, 0.2) is 0 Å². The second-order valence-electron chi connectivity index (χ2n) is 3.00. The lowest BCUT2D eigenvalue weighted by molar-refractivity contribution is 0.127. The Labute approximate surface area is 76.1 Å². The van der Waals surface area contributed by atoms with Crippen molar-refractivity contribution in [2.24, 2.45) is 0 Å². The average molecular weight is 224 g/mol. The van der Waals surface area contributed by atoms with Crippen LogP contribution in [0.2, 0.25) is 0 Å². The van der Waals surface area contributed by atoms with Gasteiger partial charge in [-0.2, -0.15) is 0 Å². The first-order valence-electron chi connectivity index (χ1n) is 4.24. The first-order chi connectivity index (χ1) is 5.38. The smallest absolute Gasteiger partial charge is 0.102 e. The maximum atomic E-state index is 12.0. The summed E-state index contributed by atoms with van der Waals surface area (Å²) in [7, 11) is 0. The maximum absolute atomic E-state index is 12.0. The van der Waals surface area contributed by atoms with E-state index in [4.69, 9.17) is 0 Å². The van der Waals surface area contributed by atoms with E-state index in [-0.39, 0.29) is 6.67 Å². The predicted molar refractivity (Wildman–Crippen MR) is 49.0 cm³/mol. The molecular weight excluding hydrogens is 209 g/mol. The Balaban J connectivity index is 2.19. The van der Waals surface area contributed by atoms with E-state index in [9.17, 15) is 4.39 Å². The summed E-state index contributed by atoms with van der Waals surface area (Å²) in [6.07, 6.45) is 3.87. The summed E-state index contributed by atoms with van der Waals surface area (Å²) in [5.41, 5.74) is 0. The minimum Gasteiger partial charge on any atom is -0.297 e. The monoisotopic (exact) mass is 223 g/mol. The van der Waals surface area contributed by atoms with Gasteiger partial charge in [0.05, 0.1) is 0 Å². The number of hydrogen-bond donors (Lipinski definition) is 0. The molecule has 1 aliphatic rings. The summed E-state index contributed by atoms with van der Waals surface area (Å²) >= 11 is 3.38. The largest absolute Gasteiger partial charge is 0.297 e. The number of alkyl halides is 2. The fraction of sp³-hybridized carbons (Fsp3) is 1.00. The molecule has 0 aromatic heterocycles. The first-order valence-corrected chi connectivity index (χ1v) is 5.36. The van der Waals surface area contributed by atoms with Crippen molar-refractivity contribution in [1.82, 2.24) is 4.90 Å². The number of rotatable bonds is 5. The van der Waals surface area contributed by atoms with Crippen LogP contribution in [0.1, 0.15) is 19.3 Å². The number of halogens is 2. The molecule has 0 atom stereocenters. The van der Waals surface area contributed by atoms with Crippen LogP contribution in [0.5, 0.6) is 0 Å². The Hall–Kier alpha value is 0.370. The van der Waals surface area contributed by atoms with Crippen LogP contribution in [0.3, 0.4) is 0 Å². The van der Waals surface area contributed by atoms with Gasteiger partial charge >= 0.3 is 0 Å². The van der Waals surface area contributed by atoms with Crippen molar-refractivity contribution in [2.75, 3.05) is 25.1 Å². The number of hydrogen-bond acceptors (Lipinski definition) is 1. The Morgan fingerprint density at radius 1 is 1.36 bits per heavy atom. The summed E-state index contributed by atoms with van der Waals surface area (Å²) in [5, 5.41) is 0.962. The quantitative estimate of drug-likeness (QED) is 0.647. The van der Waals surface area contributed by atoms with Crippen molar-refractivity contribution < 1.29 is 4.39 Å². The van der Waals surface area contributed by atoms with Gasteiger partial charge in [0, 0.05) is 24.5 Å². The molecule has 0 aromatic rings. The fourth-order valence-electron chi connectivity index (χ4n) is 1.45. The third-order valence-corrected chi connectivity index (χ3v) is 2.69. The van der Waals surface area contributed by atoms with Gasteiger partial charge in [-0.25, -0.2) is 4.39 Å². The minimum atomic E-state index is -0.205. The van der Waals surface area contributed by atoms with Gasteiger partial charge in [0.25, 0.3) is 0 Å². The number of nitrogens with zero attached hydrogens (tertiary/aromatic N) is 1. The molecule has 0 aliphatic heterocycles. The molecule has 0 spiro atoms. The van der Waals surface area contributed by atoms with Crippen LogP contribution in [0.15, 0.2) is 0 Å². The van der Waals surface area contributed by atoms with Crippen LogP contribution >= 0.6 is 15.9 Å². The van der Waals surface area contributed by atoms with Crippen LogP contribution in [0.25, 0.3) is 0 Å². The Kier molecular flexibility index (Phi) is 4.38. The fourth-order valence-corrected chi connectivity index (χ4v) is 1.90. The van der Waals surface area contributed by atoms with Gasteiger partial charge in [-0.05, 0) is 12.8 Å². The summed E-state index contributed by atoms with van der Waals surface area (Å²) < 4.78 is 12.0. The van der Waals surface area contributed by atoms with Gasteiger partial charge in [-0.1, -0.05) is 22.4 Å². The molecule has 3 heteroatoms. The van der Waals surface area contributed by atoms with Gasteiger partial charge in [-0.15, -0.1) is 0 Å². The molecule has 0 heterocycles. The van der Waals surface area contributed by atoms with E-state index in [0.29, 0.717) is 12.6 Å². The second-order valence-corrected chi connectivity index (χ2v) is 3.79. The SMILES string of the molecule is FCCN(CCBr)C1CCC1. The summed E-state index contributed by atoms with van der Waals surface area (Å²) in [6.45, 7) is 1.41. The Morgan fingerprint density at radius 3 is 2.45 bits per heavy atom. The van der Waals surface area contributed by atoms with Crippen molar-refractivity contribution in [2.45, 2.75) is 25.3 Å². The van der Waals surface area contributed by atoms with Crippen molar-refractivity contribution in [3.05, 3.63) is 0 Å². The van der Waals surface area contributed by atoms with Crippen LogP contribution < -0.4 is 0 Å². The molecule has 1 rings (SSSR count). The van der Waals surface area contributed by atoms with E-state index < -0.39 is 0 Å². The summed E-state index contributed by atoms with van der Waals surface area (Å²) in [4.78, 5) is 2.25. The lowest BCUT2D eigenvalue weighted by Crippen LogP contribution is -2.42. The predicted octanol–water partition coefficient (Wildman–Crippen LogP) is 2.21. The molecule has 0 amide bonds. The van der Waals surface area contributed by atoms with E-state index in [1.807, 2.05) is 0 Å². The first kappa shape index (κ1) is 9.46. The van der Waals surface area contributed by atoms with Crippen molar-refractivity contribution in [1.29, 1.82) is 0 Å².